The molecule has 1 N–H and O–H groups in total. The first-order valence-electron chi connectivity index (χ1n) is 10.5. The molecule has 0 aromatic heterocycles. The van der Waals surface area contributed by atoms with E-state index in [2.05, 4.69) is 11.9 Å². The molecule has 0 saturated carbocycles. The van der Waals surface area contributed by atoms with E-state index in [9.17, 15) is 14.4 Å². The van der Waals surface area contributed by atoms with Crippen LogP contribution in [-0.2, 0) is 4.79 Å². The highest BCUT2D eigenvalue weighted by Crippen LogP contribution is 2.41. The molecule has 0 radical (unpaired) electrons. The molecule has 0 bridgehead atoms. The van der Waals surface area contributed by atoms with Crippen molar-refractivity contribution in [3.8, 4) is 0 Å². The van der Waals surface area contributed by atoms with Crippen LogP contribution in [0.3, 0.4) is 0 Å². The Morgan fingerprint density at radius 3 is 2.77 bits per heavy atom. The molecule has 160 valence electrons. The first kappa shape index (κ1) is 21.2. The number of carbonyl (C=O) groups is 3. The molecule has 0 aliphatic carbocycles. The summed E-state index contributed by atoms with van der Waals surface area (Å²) in [4.78, 5) is 42.9. The van der Waals surface area contributed by atoms with Crippen molar-refractivity contribution in [2.45, 2.75) is 29.1 Å². The molecule has 1 saturated heterocycles. The van der Waals surface area contributed by atoms with E-state index in [-0.39, 0.29) is 17.7 Å². The largest absolute Gasteiger partial charge is 0.352 e. The fraction of sp³-hybridized carbons (Fsp3) is 0.292. The number of nitrogens with one attached hydrogen (secondary N) is 1. The summed E-state index contributed by atoms with van der Waals surface area (Å²) in [5.41, 5.74) is 1.86. The lowest BCUT2D eigenvalue weighted by Gasteiger charge is -2.22. The SMILES string of the molecule is C=CCN1C(=O)c2ccccc2Sc2ccc(C(=O)NCCCN3CCCC3=O)cc21. The highest BCUT2D eigenvalue weighted by Gasteiger charge is 2.27. The lowest BCUT2D eigenvalue weighted by atomic mass is 10.1. The standard InChI is InChI=1S/C24H25N3O3S/c1-2-13-27-19-16-17(23(29)25-12-6-15-26-14-5-9-22(26)28)10-11-21(19)31-20-8-4-3-7-18(20)24(27)30/h2-4,7-8,10-11,16H,1,5-6,9,12-15H2,(H,25,29). The molecule has 4 rings (SSSR count). The lowest BCUT2D eigenvalue weighted by Crippen LogP contribution is -2.32. The molecule has 6 nitrogen and oxygen atoms in total. The van der Waals surface area contributed by atoms with Gasteiger partial charge in [-0.05, 0) is 43.2 Å². The summed E-state index contributed by atoms with van der Waals surface area (Å²) >= 11 is 1.53. The molecule has 0 unspecified atom stereocenters. The number of benzene rings is 2. The van der Waals surface area contributed by atoms with Gasteiger partial charge in [0.15, 0.2) is 0 Å². The summed E-state index contributed by atoms with van der Waals surface area (Å²) < 4.78 is 0. The summed E-state index contributed by atoms with van der Waals surface area (Å²) in [6.07, 6.45) is 3.95. The number of nitrogens with zero attached hydrogens (tertiary/aromatic N) is 2. The topological polar surface area (TPSA) is 69.7 Å². The first-order chi connectivity index (χ1) is 15.1. The highest BCUT2D eigenvalue weighted by molar-refractivity contribution is 7.99. The molecule has 7 heteroatoms. The summed E-state index contributed by atoms with van der Waals surface area (Å²) in [5, 5.41) is 2.93. The molecule has 2 aromatic rings. The maximum atomic E-state index is 13.2. The molecular formula is C24H25N3O3S. The average molecular weight is 436 g/mol. The quantitative estimate of drug-likeness (QED) is 0.532. The van der Waals surface area contributed by atoms with E-state index in [0.29, 0.717) is 49.3 Å². The maximum Gasteiger partial charge on any atom is 0.259 e. The van der Waals surface area contributed by atoms with Crippen LogP contribution in [0.1, 0.15) is 40.0 Å². The summed E-state index contributed by atoms with van der Waals surface area (Å²) in [7, 11) is 0. The van der Waals surface area contributed by atoms with E-state index < -0.39 is 0 Å². The highest BCUT2D eigenvalue weighted by atomic mass is 32.2. The predicted octanol–water partition coefficient (Wildman–Crippen LogP) is 3.73. The zero-order valence-electron chi connectivity index (χ0n) is 17.3. The smallest absolute Gasteiger partial charge is 0.259 e. The van der Waals surface area contributed by atoms with Gasteiger partial charge in [0.25, 0.3) is 11.8 Å². The minimum Gasteiger partial charge on any atom is -0.352 e. The van der Waals surface area contributed by atoms with Crippen molar-refractivity contribution >= 4 is 35.2 Å². The number of hydrogen-bond acceptors (Lipinski definition) is 4. The van der Waals surface area contributed by atoms with Crippen molar-refractivity contribution in [2.75, 3.05) is 31.1 Å². The predicted molar refractivity (Wildman–Crippen MR) is 122 cm³/mol. The van der Waals surface area contributed by atoms with Crippen molar-refractivity contribution in [1.29, 1.82) is 0 Å². The van der Waals surface area contributed by atoms with Gasteiger partial charge in [-0.15, -0.1) is 6.58 Å². The van der Waals surface area contributed by atoms with Crippen molar-refractivity contribution in [2.24, 2.45) is 0 Å². The third kappa shape index (κ3) is 4.51. The number of amides is 3. The third-order valence-electron chi connectivity index (χ3n) is 5.47. The Labute approximate surface area is 186 Å². The van der Waals surface area contributed by atoms with Gasteiger partial charge in [0.05, 0.1) is 11.3 Å². The van der Waals surface area contributed by atoms with E-state index in [0.717, 1.165) is 22.8 Å². The van der Waals surface area contributed by atoms with E-state index in [1.54, 1.807) is 23.1 Å². The van der Waals surface area contributed by atoms with E-state index in [4.69, 9.17) is 0 Å². The van der Waals surface area contributed by atoms with Gasteiger partial charge in [-0.25, -0.2) is 0 Å². The van der Waals surface area contributed by atoms with Crippen molar-refractivity contribution in [3.63, 3.8) is 0 Å². The van der Waals surface area contributed by atoms with Crippen LogP contribution in [0.25, 0.3) is 0 Å². The number of anilines is 1. The molecule has 0 spiro atoms. The van der Waals surface area contributed by atoms with Crippen LogP contribution in [-0.4, -0.2) is 48.8 Å². The Balaban J connectivity index is 1.49. The van der Waals surface area contributed by atoms with E-state index in [1.807, 2.05) is 35.2 Å². The Morgan fingerprint density at radius 2 is 2.00 bits per heavy atom. The van der Waals surface area contributed by atoms with Gasteiger partial charge >= 0.3 is 0 Å². The zero-order chi connectivity index (χ0) is 21.8. The Hall–Kier alpha value is -3.06. The monoisotopic (exact) mass is 435 g/mol. The van der Waals surface area contributed by atoms with Crippen LogP contribution in [0.5, 0.6) is 0 Å². The molecule has 3 amide bonds. The van der Waals surface area contributed by atoms with Gasteiger partial charge in [-0.1, -0.05) is 30.0 Å². The van der Waals surface area contributed by atoms with Gasteiger partial charge in [-0.3, -0.25) is 14.4 Å². The van der Waals surface area contributed by atoms with Gasteiger partial charge in [0, 0.05) is 48.0 Å². The van der Waals surface area contributed by atoms with Crippen molar-refractivity contribution < 1.29 is 14.4 Å². The molecule has 2 aromatic carbocycles. The first-order valence-corrected chi connectivity index (χ1v) is 11.3. The number of carbonyl (C=O) groups excluding carboxylic acids is 3. The van der Waals surface area contributed by atoms with Gasteiger partial charge in [-0.2, -0.15) is 0 Å². The molecule has 2 heterocycles. The second-order valence-electron chi connectivity index (χ2n) is 7.58. The normalized spacial score (nSPS) is 15.4. The summed E-state index contributed by atoms with van der Waals surface area (Å²) in [6.45, 7) is 6.12. The molecular weight excluding hydrogens is 410 g/mol. The molecule has 2 aliphatic heterocycles. The third-order valence-corrected chi connectivity index (χ3v) is 6.61. The number of fused-ring (bicyclic) bond motifs is 2. The summed E-state index contributed by atoms with van der Waals surface area (Å²) in [6, 6.07) is 13.0. The van der Waals surface area contributed by atoms with Crippen LogP contribution in [0, 0.1) is 0 Å². The molecule has 1 fully saturated rings. The van der Waals surface area contributed by atoms with Crippen LogP contribution in [0.4, 0.5) is 5.69 Å². The Kier molecular flexibility index (Phi) is 6.42. The molecule has 31 heavy (non-hydrogen) atoms. The lowest BCUT2D eigenvalue weighted by molar-refractivity contribution is -0.127. The summed E-state index contributed by atoms with van der Waals surface area (Å²) in [5.74, 6) is -0.0922. The minimum atomic E-state index is -0.187. The second-order valence-corrected chi connectivity index (χ2v) is 8.66. The maximum absolute atomic E-state index is 13.2. The van der Waals surface area contributed by atoms with Crippen molar-refractivity contribution in [1.82, 2.24) is 10.2 Å². The van der Waals surface area contributed by atoms with Crippen LogP contribution < -0.4 is 10.2 Å². The number of likely N-dealkylation sites (tertiary alicyclic amines) is 1. The van der Waals surface area contributed by atoms with Crippen LogP contribution in [0.15, 0.2) is 64.9 Å². The van der Waals surface area contributed by atoms with E-state index >= 15 is 0 Å². The van der Waals surface area contributed by atoms with E-state index in [1.165, 1.54) is 11.8 Å². The van der Waals surface area contributed by atoms with Crippen LogP contribution >= 0.6 is 11.8 Å². The van der Waals surface area contributed by atoms with Gasteiger partial charge in [0.2, 0.25) is 5.91 Å². The number of rotatable bonds is 7. The second kappa shape index (κ2) is 9.39. The molecule has 0 atom stereocenters. The van der Waals surface area contributed by atoms with Gasteiger partial charge in [0.1, 0.15) is 0 Å². The molecule has 2 aliphatic rings. The van der Waals surface area contributed by atoms with Gasteiger partial charge < -0.3 is 15.1 Å². The van der Waals surface area contributed by atoms with Crippen LogP contribution in [0.2, 0.25) is 0 Å². The fourth-order valence-corrected chi connectivity index (χ4v) is 4.94. The van der Waals surface area contributed by atoms with Crippen molar-refractivity contribution in [3.05, 3.63) is 66.2 Å². The Bertz CT molecular complexity index is 1040. The fourth-order valence-electron chi connectivity index (χ4n) is 3.89. The number of hydrogen-bond donors (Lipinski definition) is 1. The average Bonchev–Trinajstić information content (AvgIpc) is 3.15. The zero-order valence-corrected chi connectivity index (χ0v) is 18.1. The minimum absolute atomic E-state index is 0.102. The Morgan fingerprint density at radius 1 is 1.16 bits per heavy atom.